The highest BCUT2D eigenvalue weighted by atomic mass is 16.5. The SMILES string of the molecule is Cn1nc(CNC(=O)NCCOc2ccccc2)cc1-c1ccccn1. The highest BCUT2D eigenvalue weighted by molar-refractivity contribution is 5.73. The van der Waals surface area contributed by atoms with Gasteiger partial charge in [0.05, 0.1) is 30.2 Å². The molecular weight excluding hydrogens is 330 g/mol. The van der Waals surface area contributed by atoms with Gasteiger partial charge in [0.2, 0.25) is 0 Å². The molecule has 0 aliphatic rings. The number of nitrogens with zero attached hydrogens (tertiary/aromatic N) is 3. The molecule has 0 aliphatic carbocycles. The summed E-state index contributed by atoms with van der Waals surface area (Å²) in [5.41, 5.74) is 2.51. The number of benzene rings is 1. The minimum atomic E-state index is -0.258. The second-order valence-electron chi connectivity index (χ2n) is 5.63. The van der Waals surface area contributed by atoms with Crippen LogP contribution in [0.2, 0.25) is 0 Å². The Morgan fingerprint density at radius 2 is 1.92 bits per heavy atom. The molecule has 2 aromatic heterocycles. The largest absolute Gasteiger partial charge is 0.492 e. The van der Waals surface area contributed by atoms with Crippen LogP contribution in [-0.2, 0) is 13.6 Å². The van der Waals surface area contributed by atoms with E-state index < -0.39 is 0 Å². The standard InChI is InChI=1S/C19H21N5O2/c1-24-18(17-9-5-6-10-20-17)13-15(23-24)14-22-19(25)21-11-12-26-16-7-3-2-4-8-16/h2-10,13H,11-12,14H2,1H3,(H2,21,22,25). The summed E-state index contributed by atoms with van der Waals surface area (Å²) < 4.78 is 7.28. The zero-order chi connectivity index (χ0) is 18.2. The van der Waals surface area contributed by atoms with E-state index in [2.05, 4.69) is 20.7 Å². The average molecular weight is 351 g/mol. The second kappa shape index (κ2) is 8.66. The van der Waals surface area contributed by atoms with Crippen molar-refractivity contribution in [3.05, 3.63) is 66.5 Å². The molecule has 0 fully saturated rings. The first kappa shape index (κ1) is 17.5. The Morgan fingerprint density at radius 1 is 1.12 bits per heavy atom. The number of carbonyl (C=O) groups excluding carboxylic acids is 1. The van der Waals surface area contributed by atoms with Gasteiger partial charge in [0, 0.05) is 13.2 Å². The number of rotatable bonds is 7. The maximum absolute atomic E-state index is 11.9. The molecule has 0 bridgehead atoms. The first-order valence-electron chi connectivity index (χ1n) is 8.36. The van der Waals surface area contributed by atoms with Gasteiger partial charge in [-0.1, -0.05) is 24.3 Å². The molecule has 2 heterocycles. The molecule has 0 saturated heterocycles. The fraction of sp³-hybridized carbons (Fsp3) is 0.211. The van der Waals surface area contributed by atoms with Crippen molar-refractivity contribution in [1.82, 2.24) is 25.4 Å². The van der Waals surface area contributed by atoms with Crippen LogP contribution in [0, 0.1) is 0 Å². The molecule has 3 rings (SSSR count). The summed E-state index contributed by atoms with van der Waals surface area (Å²) in [6.45, 7) is 1.17. The molecule has 3 aromatic rings. The number of carbonyl (C=O) groups is 1. The minimum Gasteiger partial charge on any atom is -0.492 e. The van der Waals surface area contributed by atoms with Gasteiger partial charge in [0.1, 0.15) is 12.4 Å². The van der Waals surface area contributed by atoms with Crippen LogP contribution >= 0.6 is 0 Å². The molecule has 0 unspecified atom stereocenters. The number of para-hydroxylation sites is 1. The van der Waals surface area contributed by atoms with Gasteiger partial charge < -0.3 is 15.4 Å². The van der Waals surface area contributed by atoms with Crippen molar-refractivity contribution in [2.75, 3.05) is 13.2 Å². The van der Waals surface area contributed by atoms with E-state index in [0.717, 1.165) is 22.8 Å². The summed E-state index contributed by atoms with van der Waals surface area (Å²) >= 11 is 0. The van der Waals surface area contributed by atoms with Crippen LogP contribution in [-0.4, -0.2) is 33.9 Å². The monoisotopic (exact) mass is 351 g/mol. The van der Waals surface area contributed by atoms with Gasteiger partial charge in [-0.25, -0.2) is 4.79 Å². The molecule has 2 N–H and O–H groups in total. The summed E-state index contributed by atoms with van der Waals surface area (Å²) in [6.07, 6.45) is 1.74. The average Bonchev–Trinajstić information content (AvgIpc) is 3.06. The van der Waals surface area contributed by atoms with Crippen molar-refractivity contribution >= 4 is 6.03 Å². The van der Waals surface area contributed by atoms with Crippen molar-refractivity contribution in [3.63, 3.8) is 0 Å². The van der Waals surface area contributed by atoms with E-state index in [0.29, 0.717) is 19.7 Å². The number of nitrogens with one attached hydrogen (secondary N) is 2. The van der Waals surface area contributed by atoms with E-state index in [1.807, 2.05) is 61.6 Å². The molecule has 2 amide bonds. The van der Waals surface area contributed by atoms with E-state index in [9.17, 15) is 4.79 Å². The molecule has 7 heteroatoms. The number of ether oxygens (including phenoxy) is 1. The maximum atomic E-state index is 11.9. The lowest BCUT2D eigenvalue weighted by atomic mass is 10.2. The Morgan fingerprint density at radius 3 is 2.69 bits per heavy atom. The van der Waals surface area contributed by atoms with Crippen LogP contribution in [0.25, 0.3) is 11.4 Å². The molecule has 0 atom stereocenters. The van der Waals surface area contributed by atoms with Crippen LogP contribution in [0.5, 0.6) is 5.75 Å². The Hall–Kier alpha value is -3.35. The molecule has 0 spiro atoms. The molecule has 0 saturated carbocycles. The summed E-state index contributed by atoms with van der Waals surface area (Å²) in [5.74, 6) is 0.783. The van der Waals surface area contributed by atoms with Gasteiger partial charge in [0.25, 0.3) is 0 Å². The maximum Gasteiger partial charge on any atom is 0.315 e. The van der Waals surface area contributed by atoms with E-state index in [1.165, 1.54) is 0 Å². The number of amides is 2. The normalized spacial score (nSPS) is 10.3. The number of hydrogen-bond acceptors (Lipinski definition) is 4. The molecule has 134 valence electrons. The number of hydrogen-bond donors (Lipinski definition) is 2. The fourth-order valence-electron chi connectivity index (χ4n) is 2.45. The number of urea groups is 1. The summed E-state index contributed by atoms with van der Waals surface area (Å²) in [6, 6.07) is 16.9. The molecule has 0 aliphatic heterocycles. The van der Waals surface area contributed by atoms with Gasteiger partial charge in [0.15, 0.2) is 0 Å². The van der Waals surface area contributed by atoms with Gasteiger partial charge in [-0.15, -0.1) is 0 Å². The van der Waals surface area contributed by atoms with Crippen LogP contribution < -0.4 is 15.4 Å². The van der Waals surface area contributed by atoms with Crippen LogP contribution in [0.3, 0.4) is 0 Å². The third-order valence-corrected chi connectivity index (χ3v) is 3.69. The molecule has 7 nitrogen and oxygen atoms in total. The van der Waals surface area contributed by atoms with Crippen LogP contribution in [0.1, 0.15) is 5.69 Å². The second-order valence-corrected chi connectivity index (χ2v) is 5.63. The molecule has 1 aromatic carbocycles. The highest BCUT2D eigenvalue weighted by Gasteiger charge is 2.09. The number of aryl methyl sites for hydroxylation is 1. The molecule has 0 radical (unpaired) electrons. The van der Waals surface area contributed by atoms with E-state index >= 15 is 0 Å². The zero-order valence-corrected chi connectivity index (χ0v) is 14.6. The third kappa shape index (κ3) is 4.83. The quantitative estimate of drug-likeness (QED) is 0.640. The smallest absolute Gasteiger partial charge is 0.315 e. The van der Waals surface area contributed by atoms with Crippen LogP contribution in [0.4, 0.5) is 4.79 Å². The Bertz CT molecular complexity index is 834. The first-order chi connectivity index (χ1) is 12.7. The summed E-state index contributed by atoms with van der Waals surface area (Å²) in [5, 5.41) is 9.95. The molecular formula is C19H21N5O2. The van der Waals surface area contributed by atoms with Gasteiger partial charge in [-0.2, -0.15) is 5.10 Å². The fourth-order valence-corrected chi connectivity index (χ4v) is 2.45. The van der Waals surface area contributed by atoms with Crippen molar-refractivity contribution in [3.8, 4) is 17.1 Å². The first-order valence-corrected chi connectivity index (χ1v) is 8.36. The number of pyridine rings is 1. The van der Waals surface area contributed by atoms with Crippen molar-refractivity contribution in [1.29, 1.82) is 0 Å². The highest BCUT2D eigenvalue weighted by Crippen LogP contribution is 2.16. The van der Waals surface area contributed by atoms with Gasteiger partial charge in [-0.05, 0) is 30.3 Å². The van der Waals surface area contributed by atoms with E-state index in [-0.39, 0.29) is 6.03 Å². The van der Waals surface area contributed by atoms with Gasteiger partial charge in [-0.3, -0.25) is 9.67 Å². The van der Waals surface area contributed by atoms with Crippen LogP contribution in [0.15, 0.2) is 60.8 Å². The van der Waals surface area contributed by atoms with Crippen molar-refractivity contribution in [2.45, 2.75) is 6.54 Å². The third-order valence-electron chi connectivity index (χ3n) is 3.69. The number of aromatic nitrogens is 3. The Labute approximate surface area is 152 Å². The zero-order valence-electron chi connectivity index (χ0n) is 14.6. The Kier molecular flexibility index (Phi) is 5.82. The molecule has 26 heavy (non-hydrogen) atoms. The van der Waals surface area contributed by atoms with E-state index in [4.69, 9.17) is 4.74 Å². The lowest BCUT2D eigenvalue weighted by Gasteiger charge is -2.08. The van der Waals surface area contributed by atoms with E-state index in [1.54, 1.807) is 10.9 Å². The summed E-state index contributed by atoms with van der Waals surface area (Å²) in [4.78, 5) is 16.2. The predicted octanol–water partition coefficient (Wildman–Crippen LogP) is 2.36. The lowest BCUT2D eigenvalue weighted by Crippen LogP contribution is -2.37. The van der Waals surface area contributed by atoms with Gasteiger partial charge >= 0.3 is 6.03 Å². The minimum absolute atomic E-state index is 0.258. The lowest BCUT2D eigenvalue weighted by molar-refractivity contribution is 0.236. The Balaban J connectivity index is 1.42. The van der Waals surface area contributed by atoms with Crippen molar-refractivity contribution < 1.29 is 9.53 Å². The topological polar surface area (TPSA) is 81.1 Å². The predicted molar refractivity (Wildman–Crippen MR) is 98.6 cm³/mol. The summed E-state index contributed by atoms with van der Waals surface area (Å²) in [7, 11) is 1.86. The van der Waals surface area contributed by atoms with Crippen molar-refractivity contribution in [2.24, 2.45) is 7.05 Å².